The maximum Gasteiger partial charge on any atom is 0.416 e. The van der Waals surface area contributed by atoms with Gasteiger partial charge in [-0.25, -0.2) is 0 Å². The number of halogens is 6. The minimum Gasteiger partial charge on any atom is -0.319 e. The van der Waals surface area contributed by atoms with E-state index in [4.69, 9.17) is 0 Å². The van der Waals surface area contributed by atoms with Gasteiger partial charge < -0.3 is 5.32 Å². The van der Waals surface area contributed by atoms with E-state index in [0.717, 1.165) is 0 Å². The molecule has 5 nitrogen and oxygen atoms in total. The molecule has 0 saturated heterocycles. The molecule has 1 heterocycles. The van der Waals surface area contributed by atoms with E-state index >= 15 is 0 Å². The first-order valence-electron chi connectivity index (χ1n) is 8.39. The fourth-order valence-electron chi connectivity index (χ4n) is 2.79. The highest BCUT2D eigenvalue weighted by Gasteiger charge is 2.37. The third-order valence-electron chi connectivity index (χ3n) is 4.12. The van der Waals surface area contributed by atoms with Crippen molar-refractivity contribution in [2.24, 2.45) is 0 Å². The molecule has 30 heavy (non-hydrogen) atoms. The predicted molar refractivity (Wildman–Crippen MR) is 95.6 cm³/mol. The van der Waals surface area contributed by atoms with Crippen LogP contribution in [0.2, 0.25) is 0 Å². The summed E-state index contributed by atoms with van der Waals surface area (Å²) < 4.78 is 77.7. The van der Waals surface area contributed by atoms with Crippen molar-refractivity contribution in [2.75, 3.05) is 5.32 Å². The predicted octanol–water partition coefficient (Wildman–Crippen LogP) is 4.59. The van der Waals surface area contributed by atoms with Gasteiger partial charge in [-0.2, -0.15) is 26.3 Å². The lowest BCUT2D eigenvalue weighted by Crippen LogP contribution is -2.20. The van der Waals surface area contributed by atoms with E-state index in [1.807, 2.05) is 0 Å². The molecular formula is C19H13F6N3O2. The highest BCUT2D eigenvalue weighted by atomic mass is 19.4. The number of nitrogens with one attached hydrogen (secondary N) is 3. The fourth-order valence-corrected chi connectivity index (χ4v) is 2.79. The van der Waals surface area contributed by atoms with Crippen LogP contribution in [0.15, 0.2) is 53.3 Å². The summed E-state index contributed by atoms with van der Waals surface area (Å²) in [5.74, 6) is -0.954. The first-order valence-corrected chi connectivity index (χ1v) is 8.39. The number of H-pyrrole nitrogens is 2. The molecule has 0 aliphatic rings. The third kappa shape index (κ3) is 4.73. The van der Waals surface area contributed by atoms with Gasteiger partial charge in [-0.05, 0) is 23.8 Å². The number of hydrogen-bond donors (Lipinski definition) is 3. The number of carbonyl (C=O) groups excluding carboxylic acids is 1. The molecule has 0 saturated carbocycles. The van der Waals surface area contributed by atoms with Crippen LogP contribution in [-0.2, 0) is 23.6 Å². The van der Waals surface area contributed by atoms with Crippen LogP contribution < -0.4 is 10.9 Å². The maximum atomic E-state index is 13.0. The Balaban J connectivity index is 1.89. The van der Waals surface area contributed by atoms with Gasteiger partial charge in [-0.3, -0.25) is 19.8 Å². The number of benzene rings is 2. The summed E-state index contributed by atoms with van der Waals surface area (Å²) in [7, 11) is 0. The SMILES string of the molecule is O=C(Cc1cc(C(F)(F)F)cc(C(F)(F)F)c1)Nc1c(-c2ccccc2)[nH][nH]c1=O. The van der Waals surface area contributed by atoms with E-state index in [9.17, 15) is 35.9 Å². The maximum absolute atomic E-state index is 13.0. The van der Waals surface area contributed by atoms with Gasteiger partial charge in [0.05, 0.1) is 23.2 Å². The topological polar surface area (TPSA) is 77.8 Å². The van der Waals surface area contributed by atoms with Crippen molar-refractivity contribution in [1.29, 1.82) is 0 Å². The van der Waals surface area contributed by atoms with Crippen molar-refractivity contribution >= 4 is 11.6 Å². The lowest BCUT2D eigenvalue weighted by Gasteiger charge is -2.14. The molecule has 0 spiro atoms. The van der Waals surface area contributed by atoms with Gasteiger partial charge in [0.2, 0.25) is 5.91 Å². The summed E-state index contributed by atoms with van der Waals surface area (Å²) in [6.07, 6.45) is -10.8. The van der Waals surface area contributed by atoms with Crippen molar-refractivity contribution in [3.63, 3.8) is 0 Å². The fraction of sp³-hybridized carbons (Fsp3) is 0.158. The summed E-state index contributed by atoms with van der Waals surface area (Å²) in [6.45, 7) is 0. The summed E-state index contributed by atoms with van der Waals surface area (Å²) in [6, 6.07) is 9.25. The van der Waals surface area contributed by atoms with Crippen LogP contribution in [0.25, 0.3) is 11.3 Å². The van der Waals surface area contributed by atoms with Crippen LogP contribution >= 0.6 is 0 Å². The average molecular weight is 429 g/mol. The largest absolute Gasteiger partial charge is 0.416 e. The van der Waals surface area contributed by atoms with E-state index in [2.05, 4.69) is 15.5 Å². The highest BCUT2D eigenvalue weighted by Crippen LogP contribution is 2.36. The van der Waals surface area contributed by atoms with Gasteiger partial charge >= 0.3 is 12.4 Å². The molecule has 0 aliphatic heterocycles. The molecule has 0 bridgehead atoms. The molecule has 3 rings (SSSR count). The molecule has 0 atom stereocenters. The molecule has 0 fully saturated rings. The van der Waals surface area contributed by atoms with Crippen LogP contribution in [0, 0.1) is 0 Å². The van der Waals surface area contributed by atoms with E-state index in [0.29, 0.717) is 17.7 Å². The third-order valence-corrected chi connectivity index (χ3v) is 4.12. The average Bonchev–Trinajstić information content (AvgIpc) is 3.01. The first kappa shape index (κ1) is 21.2. The number of carbonyl (C=O) groups is 1. The molecule has 0 radical (unpaired) electrons. The number of hydrogen-bond acceptors (Lipinski definition) is 2. The Hall–Kier alpha value is -3.50. The number of aromatic amines is 2. The van der Waals surface area contributed by atoms with Gasteiger partial charge in [0.15, 0.2) is 0 Å². The minimum atomic E-state index is -5.02. The number of alkyl halides is 6. The van der Waals surface area contributed by atoms with Crippen molar-refractivity contribution in [1.82, 2.24) is 10.2 Å². The van der Waals surface area contributed by atoms with Crippen molar-refractivity contribution in [3.8, 4) is 11.3 Å². The van der Waals surface area contributed by atoms with Gasteiger partial charge in [-0.15, -0.1) is 0 Å². The van der Waals surface area contributed by atoms with E-state index < -0.39 is 46.9 Å². The molecule has 0 aliphatic carbocycles. The minimum absolute atomic E-state index is 0.0220. The van der Waals surface area contributed by atoms with Crippen LogP contribution in [-0.4, -0.2) is 16.1 Å². The van der Waals surface area contributed by atoms with Crippen LogP contribution in [0.3, 0.4) is 0 Å². The Morgan fingerprint density at radius 2 is 1.43 bits per heavy atom. The summed E-state index contributed by atoms with van der Waals surface area (Å²) >= 11 is 0. The Bertz CT molecular complexity index is 1080. The van der Waals surface area contributed by atoms with Gasteiger partial charge in [0.1, 0.15) is 5.69 Å². The van der Waals surface area contributed by atoms with Gasteiger partial charge in [0.25, 0.3) is 5.56 Å². The van der Waals surface area contributed by atoms with Crippen LogP contribution in [0.4, 0.5) is 32.0 Å². The molecule has 158 valence electrons. The normalized spacial score (nSPS) is 12.1. The lowest BCUT2D eigenvalue weighted by atomic mass is 10.0. The van der Waals surface area contributed by atoms with Crippen molar-refractivity contribution in [2.45, 2.75) is 18.8 Å². The summed E-state index contributed by atoms with van der Waals surface area (Å²) in [4.78, 5) is 24.3. The first-order chi connectivity index (χ1) is 13.9. The smallest absolute Gasteiger partial charge is 0.319 e. The molecule has 0 unspecified atom stereocenters. The van der Waals surface area contributed by atoms with Crippen molar-refractivity contribution < 1.29 is 31.1 Å². The highest BCUT2D eigenvalue weighted by molar-refractivity contribution is 5.95. The molecule has 1 amide bonds. The zero-order valence-corrected chi connectivity index (χ0v) is 14.9. The zero-order valence-electron chi connectivity index (χ0n) is 14.9. The Morgan fingerprint density at radius 3 is 1.97 bits per heavy atom. The van der Waals surface area contributed by atoms with E-state index in [1.54, 1.807) is 30.3 Å². The Morgan fingerprint density at radius 1 is 0.867 bits per heavy atom. The Kier molecular flexibility index (Phi) is 5.47. The molecular weight excluding hydrogens is 416 g/mol. The van der Waals surface area contributed by atoms with E-state index in [1.165, 1.54) is 0 Å². The monoisotopic (exact) mass is 429 g/mol. The second kappa shape index (κ2) is 7.73. The summed E-state index contributed by atoms with van der Waals surface area (Å²) in [5.41, 5.74) is -3.70. The van der Waals surface area contributed by atoms with Gasteiger partial charge in [-0.1, -0.05) is 30.3 Å². The number of anilines is 1. The second-order valence-electron chi connectivity index (χ2n) is 6.33. The molecule has 11 heteroatoms. The number of aromatic nitrogens is 2. The lowest BCUT2D eigenvalue weighted by molar-refractivity contribution is -0.143. The van der Waals surface area contributed by atoms with Crippen molar-refractivity contribution in [3.05, 3.63) is 75.6 Å². The number of amides is 1. The van der Waals surface area contributed by atoms with Crippen LogP contribution in [0.1, 0.15) is 16.7 Å². The molecule has 1 aromatic heterocycles. The quantitative estimate of drug-likeness (QED) is 0.531. The van der Waals surface area contributed by atoms with Crippen LogP contribution in [0.5, 0.6) is 0 Å². The molecule has 3 aromatic rings. The molecule has 2 aromatic carbocycles. The molecule has 3 N–H and O–H groups in total. The standard InChI is InChI=1S/C19H13F6N3O2/c20-18(21,22)12-6-10(7-13(9-12)19(23,24)25)8-14(29)26-16-15(27-28-17(16)30)11-4-2-1-3-5-11/h1-7,9H,8H2,(H,26,29)(H2,27,28,30). The Labute approximate surface area is 164 Å². The van der Waals surface area contributed by atoms with Gasteiger partial charge in [0, 0.05) is 5.56 Å². The summed E-state index contributed by atoms with van der Waals surface area (Å²) in [5, 5.41) is 7.08. The number of rotatable bonds is 4. The second-order valence-corrected chi connectivity index (χ2v) is 6.33. The zero-order chi connectivity index (χ0) is 22.1. The van der Waals surface area contributed by atoms with E-state index in [-0.39, 0.29) is 17.4 Å².